The van der Waals surface area contributed by atoms with Gasteiger partial charge in [0, 0.05) is 18.7 Å². The van der Waals surface area contributed by atoms with E-state index in [2.05, 4.69) is 0 Å². The molecule has 130 valence electrons. The van der Waals surface area contributed by atoms with Crippen LogP contribution < -0.4 is 9.47 Å². The second-order valence-electron chi connectivity index (χ2n) is 5.22. The van der Waals surface area contributed by atoms with E-state index < -0.39 is 37.3 Å². The highest BCUT2D eigenvalue weighted by atomic mass is 16.7. The van der Waals surface area contributed by atoms with E-state index in [0.717, 1.165) is 0 Å². The fourth-order valence-corrected chi connectivity index (χ4v) is 2.34. The van der Waals surface area contributed by atoms with Gasteiger partial charge < -0.3 is 39.4 Å². The average Bonchev–Trinajstić information content (AvgIpc) is 2.57. The first-order valence-electron chi connectivity index (χ1n) is 7.14. The Morgan fingerprint density at radius 2 is 1.83 bits per heavy atom. The minimum Gasteiger partial charge on any atom is -0.497 e. The second kappa shape index (κ2) is 7.91. The summed E-state index contributed by atoms with van der Waals surface area (Å²) in [7, 11) is 3.03. The van der Waals surface area contributed by atoms with Crippen LogP contribution >= 0.6 is 0 Å². The van der Waals surface area contributed by atoms with Gasteiger partial charge in [0.15, 0.2) is 0 Å². The van der Waals surface area contributed by atoms with Crippen molar-refractivity contribution in [2.24, 2.45) is 0 Å². The van der Waals surface area contributed by atoms with Gasteiger partial charge in [-0.1, -0.05) is 0 Å². The summed E-state index contributed by atoms with van der Waals surface area (Å²) in [5.74, 6) is 0.875. The molecule has 0 bridgehead atoms. The van der Waals surface area contributed by atoms with Gasteiger partial charge in [0.25, 0.3) is 0 Å². The van der Waals surface area contributed by atoms with Crippen LogP contribution in [0.5, 0.6) is 11.5 Å². The van der Waals surface area contributed by atoms with Crippen molar-refractivity contribution in [3.05, 3.63) is 23.8 Å². The summed E-state index contributed by atoms with van der Waals surface area (Å²) in [5, 5.41) is 38.8. The molecule has 2 rings (SSSR count). The molecule has 1 fully saturated rings. The molecule has 0 saturated carbocycles. The van der Waals surface area contributed by atoms with Crippen molar-refractivity contribution in [2.45, 2.75) is 37.3 Å². The van der Waals surface area contributed by atoms with Crippen LogP contribution in [0.3, 0.4) is 0 Å². The van der Waals surface area contributed by atoms with E-state index in [-0.39, 0.29) is 6.61 Å². The molecule has 1 aromatic carbocycles. The molecule has 1 aliphatic rings. The van der Waals surface area contributed by atoms with E-state index in [1.807, 2.05) is 0 Å². The molecule has 5 atom stereocenters. The van der Waals surface area contributed by atoms with Gasteiger partial charge in [-0.3, -0.25) is 0 Å². The molecule has 0 aromatic heterocycles. The summed E-state index contributed by atoms with van der Waals surface area (Å²) in [6.45, 7) is -0.259. The zero-order valence-corrected chi connectivity index (χ0v) is 13.0. The van der Waals surface area contributed by atoms with E-state index in [1.54, 1.807) is 18.2 Å². The zero-order valence-electron chi connectivity index (χ0n) is 13.0. The molecule has 0 aliphatic carbocycles. The predicted molar refractivity (Wildman–Crippen MR) is 78.1 cm³/mol. The second-order valence-corrected chi connectivity index (χ2v) is 5.22. The van der Waals surface area contributed by atoms with Gasteiger partial charge in [0.1, 0.15) is 35.9 Å². The quantitative estimate of drug-likeness (QED) is 0.526. The van der Waals surface area contributed by atoms with Crippen molar-refractivity contribution in [2.75, 3.05) is 20.8 Å². The lowest BCUT2D eigenvalue weighted by atomic mass is 9.99. The number of hydrogen-bond acceptors (Lipinski definition) is 8. The molecule has 0 amide bonds. The number of hydrogen-bond donors (Lipinski definition) is 4. The largest absolute Gasteiger partial charge is 0.497 e. The Hall–Kier alpha value is -1.42. The van der Waals surface area contributed by atoms with Crippen molar-refractivity contribution in [1.82, 2.24) is 0 Å². The molecule has 23 heavy (non-hydrogen) atoms. The third-order valence-corrected chi connectivity index (χ3v) is 3.67. The predicted octanol–water partition coefficient (Wildman–Crippen LogP) is -0.980. The van der Waals surface area contributed by atoms with Gasteiger partial charge in [0.2, 0.25) is 6.29 Å². The topological polar surface area (TPSA) is 118 Å². The van der Waals surface area contributed by atoms with Gasteiger partial charge in [-0.05, 0) is 12.1 Å². The van der Waals surface area contributed by atoms with E-state index in [1.165, 1.54) is 14.2 Å². The van der Waals surface area contributed by atoms with E-state index >= 15 is 0 Å². The van der Waals surface area contributed by atoms with E-state index in [9.17, 15) is 20.4 Å². The van der Waals surface area contributed by atoms with Crippen molar-refractivity contribution in [1.29, 1.82) is 0 Å². The summed E-state index contributed by atoms with van der Waals surface area (Å²) in [6.07, 6.45) is -6.70. The van der Waals surface area contributed by atoms with Crippen LogP contribution in [0.25, 0.3) is 0 Å². The molecule has 4 N–H and O–H groups in total. The van der Waals surface area contributed by atoms with Gasteiger partial charge in [-0.15, -0.1) is 0 Å². The first kappa shape index (κ1) is 17.9. The number of methoxy groups -OCH3 is 2. The first-order chi connectivity index (χ1) is 11.0. The molecular formula is C15H22O8. The molecule has 1 saturated heterocycles. The SMILES string of the molecule is COCc1ccc(OC)cc1OC1OC(CO)C(O)C(O)C1O. The van der Waals surface area contributed by atoms with Crippen molar-refractivity contribution in [3.8, 4) is 11.5 Å². The fraction of sp³-hybridized carbons (Fsp3) is 0.600. The number of benzene rings is 1. The van der Waals surface area contributed by atoms with E-state index in [0.29, 0.717) is 17.1 Å². The molecular weight excluding hydrogens is 308 g/mol. The average molecular weight is 330 g/mol. The Morgan fingerprint density at radius 1 is 1.09 bits per heavy atom. The third kappa shape index (κ3) is 3.92. The van der Waals surface area contributed by atoms with Crippen molar-refractivity contribution >= 4 is 0 Å². The van der Waals surface area contributed by atoms with Crippen LogP contribution in [-0.4, -0.2) is 72.0 Å². The summed E-state index contributed by atoms with van der Waals surface area (Å²) in [4.78, 5) is 0. The summed E-state index contributed by atoms with van der Waals surface area (Å²) in [5.41, 5.74) is 0.685. The van der Waals surface area contributed by atoms with Crippen LogP contribution in [-0.2, 0) is 16.1 Å². The number of aliphatic hydroxyl groups is 4. The minimum absolute atomic E-state index is 0.261. The minimum atomic E-state index is -1.50. The van der Waals surface area contributed by atoms with E-state index in [4.69, 9.17) is 18.9 Å². The number of aliphatic hydroxyl groups excluding tert-OH is 4. The van der Waals surface area contributed by atoms with Gasteiger partial charge in [0.05, 0.1) is 20.3 Å². The molecule has 1 heterocycles. The normalized spacial score (nSPS) is 31.0. The Kier molecular flexibility index (Phi) is 6.17. The first-order valence-corrected chi connectivity index (χ1v) is 7.14. The van der Waals surface area contributed by atoms with Crippen LogP contribution in [0.2, 0.25) is 0 Å². The molecule has 1 aromatic rings. The Morgan fingerprint density at radius 3 is 2.43 bits per heavy atom. The molecule has 1 aliphatic heterocycles. The maximum atomic E-state index is 10.0. The maximum Gasteiger partial charge on any atom is 0.229 e. The van der Waals surface area contributed by atoms with Gasteiger partial charge in [-0.25, -0.2) is 0 Å². The van der Waals surface area contributed by atoms with Crippen LogP contribution in [0.1, 0.15) is 5.56 Å². The smallest absolute Gasteiger partial charge is 0.229 e. The number of ether oxygens (including phenoxy) is 4. The standard InChI is InChI=1S/C15H22O8/c1-20-7-8-3-4-9(21-2)5-10(8)22-15-14(19)13(18)12(17)11(6-16)23-15/h3-5,11-19H,6-7H2,1-2H3. The van der Waals surface area contributed by atoms with Crippen molar-refractivity contribution in [3.63, 3.8) is 0 Å². The highest BCUT2D eigenvalue weighted by Gasteiger charge is 2.44. The molecule has 0 radical (unpaired) electrons. The molecule has 8 nitrogen and oxygen atoms in total. The molecule has 8 heteroatoms. The lowest BCUT2D eigenvalue weighted by molar-refractivity contribution is -0.277. The Bertz CT molecular complexity index is 506. The summed E-state index contributed by atoms with van der Waals surface area (Å²) < 4.78 is 21.2. The van der Waals surface area contributed by atoms with Crippen LogP contribution in [0.4, 0.5) is 0 Å². The zero-order chi connectivity index (χ0) is 17.0. The Balaban J connectivity index is 2.22. The third-order valence-electron chi connectivity index (χ3n) is 3.67. The number of rotatable bonds is 6. The highest BCUT2D eigenvalue weighted by Crippen LogP contribution is 2.30. The summed E-state index contributed by atoms with van der Waals surface area (Å²) in [6, 6.07) is 5.06. The molecule has 0 spiro atoms. The monoisotopic (exact) mass is 330 g/mol. The highest BCUT2D eigenvalue weighted by molar-refractivity contribution is 5.40. The Labute approximate surface area is 133 Å². The molecule has 5 unspecified atom stereocenters. The maximum absolute atomic E-state index is 10.0. The van der Waals surface area contributed by atoms with Crippen LogP contribution in [0, 0.1) is 0 Å². The fourth-order valence-electron chi connectivity index (χ4n) is 2.34. The lowest BCUT2D eigenvalue weighted by Gasteiger charge is -2.39. The van der Waals surface area contributed by atoms with Gasteiger partial charge in [-0.2, -0.15) is 0 Å². The van der Waals surface area contributed by atoms with Gasteiger partial charge >= 0.3 is 0 Å². The van der Waals surface area contributed by atoms with Crippen molar-refractivity contribution < 1.29 is 39.4 Å². The lowest BCUT2D eigenvalue weighted by Crippen LogP contribution is -2.60. The summed E-state index contributed by atoms with van der Waals surface area (Å²) >= 11 is 0. The van der Waals surface area contributed by atoms with Crippen LogP contribution in [0.15, 0.2) is 18.2 Å².